The van der Waals surface area contributed by atoms with E-state index in [4.69, 9.17) is 10.8 Å². The van der Waals surface area contributed by atoms with Crippen LogP contribution in [0.15, 0.2) is 24.3 Å². The number of nitrogens with two attached hydrogens (primary N) is 1. The lowest BCUT2D eigenvalue weighted by atomic mass is 9.78. The van der Waals surface area contributed by atoms with Gasteiger partial charge in [-0.3, -0.25) is 0 Å². The molecule has 2 rings (SSSR count). The van der Waals surface area contributed by atoms with Crippen molar-refractivity contribution in [3.63, 3.8) is 0 Å². The van der Waals surface area contributed by atoms with Crippen LogP contribution < -0.4 is 5.73 Å². The first kappa shape index (κ1) is 12.1. The zero-order valence-electron chi connectivity index (χ0n) is 9.93. The Morgan fingerprint density at radius 1 is 1.29 bits per heavy atom. The maximum atomic E-state index is 10.9. The number of hydrogen-bond acceptors (Lipinski definition) is 2. The Bertz CT molecular complexity index is 395. The molecule has 1 aromatic carbocycles. The fraction of sp³-hybridized carbons (Fsp3) is 0.500. The molecule has 3 N–H and O–H groups in total. The van der Waals surface area contributed by atoms with Crippen LogP contribution in [0.25, 0.3) is 0 Å². The Labute approximate surface area is 102 Å². The van der Waals surface area contributed by atoms with Crippen molar-refractivity contribution < 1.29 is 9.90 Å². The molecule has 0 saturated heterocycles. The van der Waals surface area contributed by atoms with Crippen molar-refractivity contribution in [3.05, 3.63) is 35.4 Å². The Morgan fingerprint density at radius 3 is 2.59 bits per heavy atom. The molecule has 17 heavy (non-hydrogen) atoms. The molecule has 0 amide bonds. The van der Waals surface area contributed by atoms with E-state index in [0.29, 0.717) is 17.4 Å². The second kappa shape index (κ2) is 5.32. The summed E-state index contributed by atoms with van der Waals surface area (Å²) < 4.78 is 0. The predicted molar refractivity (Wildman–Crippen MR) is 67.2 cm³/mol. The second-order valence-electron chi connectivity index (χ2n) is 4.88. The fourth-order valence-corrected chi connectivity index (χ4v) is 2.66. The summed E-state index contributed by atoms with van der Waals surface area (Å²) in [5.74, 6) is 0.327. The van der Waals surface area contributed by atoms with Crippen LogP contribution in [0.4, 0.5) is 0 Å². The normalized spacial score (nSPS) is 24.5. The molecule has 0 heterocycles. The monoisotopic (exact) mass is 233 g/mol. The molecule has 0 spiro atoms. The van der Waals surface area contributed by atoms with E-state index in [9.17, 15) is 4.79 Å². The minimum atomic E-state index is -0.845. The number of carbonyl (C=O) groups is 1. The molecule has 3 nitrogen and oxygen atoms in total. The van der Waals surface area contributed by atoms with Crippen LogP contribution in [0.2, 0.25) is 0 Å². The summed E-state index contributed by atoms with van der Waals surface area (Å²) in [5.41, 5.74) is 7.23. The topological polar surface area (TPSA) is 63.3 Å². The molecule has 1 saturated carbocycles. The maximum absolute atomic E-state index is 10.9. The molecule has 0 unspecified atom stereocenters. The highest BCUT2D eigenvalue weighted by molar-refractivity contribution is 5.87. The van der Waals surface area contributed by atoms with Gasteiger partial charge >= 0.3 is 5.97 Å². The lowest BCUT2D eigenvalue weighted by molar-refractivity contribution is 0.0696. The number of hydrogen-bond donors (Lipinski definition) is 2. The summed E-state index contributed by atoms with van der Waals surface area (Å²) in [4.78, 5) is 10.9. The third-order valence-corrected chi connectivity index (χ3v) is 3.79. The van der Waals surface area contributed by atoms with Crippen molar-refractivity contribution in [1.29, 1.82) is 0 Å². The molecule has 1 aromatic rings. The number of aromatic carboxylic acids is 1. The summed E-state index contributed by atoms with van der Waals surface area (Å²) in [5, 5.41) is 8.97. The van der Waals surface area contributed by atoms with Crippen molar-refractivity contribution in [2.45, 2.75) is 31.6 Å². The number of benzene rings is 1. The molecule has 0 bridgehead atoms. The summed E-state index contributed by atoms with van der Waals surface area (Å²) in [6.07, 6.45) is 4.59. The zero-order valence-corrected chi connectivity index (χ0v) is 9.93. The molecule has 1 fully saturated rings. The van der Waals surface area contributed by atoms with Crippen LogP contribution in [0.5, 0.6) is 0 Å². The largest absolute Gasteiger partial charge is 0.478 e. The molecular formula is C14H19NO2. The van der Waals surface area contributed by atoms with E-state index in [-0.39, 0.29) is 0 Å². The van der Waals surface area contributed by atoms with Gasteiger partial charge in [0.25, 0.3) is 0 Å². The summed E-state index contributed by atoms with van der Waals surface area (Å²) in [6, 6.07) is 7.35. The van der Waals surface area contributed by atoms with E-state index in [2.05, 4.69) is 0 Å². The van der Waals surface area contributed by atoms with Gasteiger partial charge in [-0.25, -0.2) is 4.79 Å². The molecule has 0 radical (unpaired) electrons. The van der Waals surface area contributed by atoms with Crippen LogP contribution in [0, 0.1) is 5.92 Å². The highest BCUT2D eigenvalue weighted by Crippen LogP contribution is 2.35. The van der Waals surface area contributed by atoms with Crippen LogP contribution in [-0.4, -0.2) is 17.6 Å². The standard InChI is InChI=1S/C14H19NO2/c15-9-10-4-6-11(7-5-10)12-2-1-3-13(8-12)14(16)17/h1-3,8,10-11H,4-7,9,15H2,(H,16,17). The number of carboxylic acids is 1. The summed E-state index contributed by atoms with van der Waals surface area (Å²) in [7, 11) is 0. The lowest BCUT2D eigenvalue weighted by Gasteiger charge is -2.28. The van der Waals surface area contributed by atoms with Gasteiger partial charge in [-0.1, -0.05) is 12.1 Å². The molecular weight excluding hydrogens is 214 g/mol. The molecule has 0 atom stereocenters. The van der Waals surface area contributed by atoms with Gasteiger partial charge in [-0.2, -0.15) is 0 Å². The average Bonchev–Trinajstić information content (AvgIpc) is 2.39. The van der Waals surface area contributed by atoms with Crippen LogP contribution in [-0.2, 0) is 0 Å². The van der Waals surface area contributed by atoms with E-state index in [1.807, 2.05) is 18.2 Å². The van der Waals surface area contributed by atoms with Gasteiger partial charge in [0.05, 0.1) is 5.56 Å². The highest BCUT2D eigenvalue weighted by Gasteiger charge is 2.21. The third-order valence-electron chi connectivity index (χ3n) is 3.79. The first-order valence-corrected chi connectivity index (χ1v) is 6.24. The molecule has 1 aliphatic carbocycles. The quantitative estimate of drug-likeness (QED) is 0.843. The Morgan fingerprint density at radius 2 is 2.00 bits per heavy atom. The van der Waals surface area contributed by atoms with E-state index < -0.39 is 5.97 Å². The molecule has 0 aromatic heterocycles. The zero-order chi connectivity index (χ0) is 12.3. The third kappa shape index (κ3) is 2.86. The van der Waals surface area contributed by atoms with Gasteiger partial charge in [-0.15, -0.1) is 0 Å². The van der Waals surface area contributed by atoms with Crippen molar-refractivity contribution in [1.82, 2.24) is 0 Å². The first-order chi connectivity index (χ1) is 8.20. The van der Waals surface area contributed by atoms with Gasteiger partial charge in [-0.05, 0) is 61.8 Å². The molecule has 92 valence electrons. The van der Waals surface area contributed by atoms with E-state index in [0.717, 1.165) is 19.4 Å². The van der Waals surface area contributed by atoms with E-state index in [1.54, 1.807) is 6.07 Å². The van der Waals surface area contributed by atoms with Gasteiger partial charge in [0.15, 0.2) is 0 Å². The lowest BCUT2D eigenvalue weighted by Crippen LogP contribution is -2.20. The molecule has 3 heteroatoms. The second-order valence-corrected chi connectivity index (χ2v) is 4.88. The first-order valence-electron chi connectivity index (χ1n) is 6.24. The van der Waals surface area contributed by atoms with Crippen LogP contribution >= 0.6 is 0 Å². The van der Waals surface area contributed by atoms with Crippen molar-refractivity contribution in [2.24, 2.45) is 11.7 Å². The van der Waals surface area contributed by atoms with Crippen molar-refractivity contribution in [3.8, 4) is 0 Å². The predicted octanol–water partition coefficient (Wildman–Crippen LogP) is 2.62. The Balaban J connectivity index is 2.08. The minimum absolute atomic E-state index is 0.392. The van der Waals surface area contributed by atoms with Crippen molar-refractivity contribution >= 4 is 5.97 Å². The smallest absolute Gasteiger partial charge is 0.335 e. The fourth-order valence-electron chi connectivity index (χ4n) is 2.66. The summed E-state index contributed by atoms with van der Waals surface area (Å²) in [6.45, 7) is 0.780. The minimum Gasteiger partial charge on any atom is -0.478 e. The average molecular weight is 233 g/mol. The van der Waals surface area contributed by atoms with Crippen LogP contribution in [0.1, 0.15) is 47.5 Å². The van der Waals surface area contributed by atoms with Gasteiger partial charge in [0, 0.05) is 0 Å². The Hall–Kier alpha value is -1.35. The Kier molecular flexibility index (Phi) is 3.79. The summed E-state index contributed by atoms with van der Waals surface area (Å²) >= 11 is 0. The van der Waals surface area contributed by atoms with Crippen LogP contribution in [0.3, 0.4) is 0 Å². The SMILES string of the molecule is NCC1CCC(c2cccc(C(=O)O)c2)CC1. The van der Waals surface area contributed by atoms with Gasteiger partial charge in [0.2, 0.25) is 0 Å². The molecule has 0 aliphatic heterocycles. The van der Waals surface area contributed by atoms with Crippen molar-refractivity contribution in [2.75, 3.05) is 6.54 Å². The van der Waals surface area contributed by atoms with E-state index >= 15 is 0 Å². The number of rotatable bonds is 3. The van der Waals surface area contributed by atoms with Gasteiger partial charge < -0.3 is 10.8 Å². The molecule has 1 aliphatic rings. The highest BCUT2D eigenvalue weighted by atomic mass is 16.4. The number of carboxylic acid groups (broad SMARTS) is 1. The van der Waals surface area contributed by atoms with Gasteiger partial charge in [0.1, 0.15) is 0 Å². The maximum Gasteiger partial charge on any atom is 0.335 e. The van der Waals surface area contributed by atoms with E-state index in [1.165, 1.54) is 18.4 Å².